The molecule has 0 aliphatic rings. The Bertz CT molecular complexity index is 30.5. The maximum absolute atomic E-state index is 4.00. The van der Waals surface area contributed by atoms with E-state index in [1.807, 2.05) is 0 Å². The molecule has 0 spiro atoms. The molecule has 0 amide bonds. The van der Waals surface area contributed by atoms with E-state index in [4.69, 9.17) is 0 Å². The third kappa shape index (κ3) is 30.4. The van der Waals surface area contributed by atoms with Crippen LogP contribution in [-0.4, -0.2) is 0 Å². The van der Waals surface area contributed by atoms with Gasteiger partial charge in [-0.2, -0.15) is 0 Å². The molecule has 0 saturated heterocycles. The third-order valence-electron chi connectivity index (χ3n) is 0. The molecule has 0 nitrogen and oxygen atoms in total. The second-order valence-corrected chi connectivity index (χ2v) is 0. The molecule has 0 aromatic carbocycles. The lowest BCUT2D eigenvalue weighted by Gasteiger charge is -0.813. The molecular weight excluding hydrogens is 96.1 g/mol. The molecule has 44 valence electrons. The van der Waals surface area contributed by atoms with Gasteiger partial charge in [0.15, 0.2) is 0 Å². The first kappa shape index (κ1) is 30.6. The highest BCUT2D eigenvalue weighted by atomic mass is 12.7. The minimum Gasteiger partial charge on any atom is -0.124 e. The summed E-state index contributed by atoms with van der Waals surface area (Å²) in [7, 11) is 0. The smallest absolute Gasteiger partial charge is 0.106 e. The Hall–Kier alpha value is -1.40. The maximum atomic E-state index is 4.00. The summed E-state index contributed by atoms with van der Waals surface area (Å²) in [6.45, 7) is 12.0. The van der Waals surface area contributed by atoms with E-state index in [0.717, 1.165) is 0 Å². The topological polar surface area (TPSA) is 0 Å². The molecule has 8 heavy (non-hydrogen) atoms. The number of rotatable bonds is 0. The molecule has 0 aliphatic carbocycles. The van der Waals surface area contributed by atoms with Crippen LogP contribution in [0.1, 0.15) is 0 Å². The number of terminal acetylenes is 2. The first-order valence-corrected chi connectivity index (χ1v) is 1.67. The maximum Gasteiger partial charge on any atom is -0.106 e. The Morgan fingerprint density at radius 2 is 0.500 bits per heavy atom. The third-order valence-corrected chi connectivity index (χ3v) is 0. The van der Waals surface area contributed by atoms with Crippen molar-refractivity contribution >= 4 is 0 Å². The first-order chi connectivity index (χ1) is 4.00. The fraction of sp³-hybridized carbons (Fsp3) is 0. The van der Waals surface area contributed by atoms with Gasteiger partial charge in [0.05, 0.1) is 0 Å². The Labute approximate surface area is 52.9 Å². The summed E-state index contributed by atoms with van der Waals surface area (Å²) in [5.41, 5.74) is 0. The Morgan fingerprint density at radius 3 is 0.500 bits per heavy atom. The van der Waals surface area contributed by atoms with E-state index in [2.05, 4.69) is 52.0 Å². The highest BCUT2D eigenvalue weighted by Gasteiger charge is 0.603. The van der Waals surface area contributed by atoms with Crippen molar-refractivity contribution in [2.75, 3.05) is 0 Å². The minimum absolute atomic E-state index is 3.00. The van der Waals surface area contributed by atoms with Gasteiger partial charge in [-0.15, -0.1) is 52.0 Å². The highest BCUT2D eigenvalue weighted by Crippen LogP contribution is 0.864. The predicted molar refractivity (Wildman–Crippen MR) is 42.3 cm³/mol. The summed E-state index contributed by atoms with van der Waals surface area (Å²) in [5, 5.41) is 0. The Balaban J connectivity index is -0.0000000133. The van der Waals surface area contributed by atoms with E-state index in [-0.39, 0.29) is 0 Å². The van der Waals surface area contributed by atoms with E-state index < -0.39 is 0 Å². The zero-order chi connectivity index (χ0) is 8.00. The van der Waals surface area contributed by atoms with Crippen molar-refractivity contribution in [2.24, 2.45) is 0 Å². The van der Waals surface area contributed by atoms with Crippen molar-refractivity contribution in [1.82, 2.24) is 0 Å². The van der Waals surface area contributed by atoms with Crippen LogP contribution in [0.5, 0.6) is 0 Å². The van der Waals surface area contributed by atoms with Crippen molar-refractivity contribution in [1.29, 1.82) is 0 Å². The molecule has 0 fully saturated rings. The van der Waals surface area contributed by atoms with Gasteiger partial charge in [-0.05, 0) is 0 Å². The van der Waals surface area contributed by atoms with E-state index in [1.54, 1.807) is 0 Å². The monoisotopic (exact) mass is 108 g/mol. The van der Waals surface area contributed by atoms with Gasteiger partial charge in [0.1, 0.15) is 0 Å². The largest absolute Gasteiger partial charge is 0.124 e. The molecule has 0 heterocycles. The van der Waals surface area contributed by atoms with Crippen LogP contribution < -0.4 is 0 Å². The number of hydrogen-bond acceptors (Lipinski definition) is 0. The summed E-state index contributed by atoms with van der Waals surface area (Å²) < 4.78 is 0. The van der Waals surface area contributed by atoms with Crippen LogP contribution in [-0.2, 0) is 0 Å². The molecule has 0 bridgehead atoms. The summed E-state index contributed by atoms with van der Waals surface area (Å²) in [4.78, 5) is 0. The van der Waals surface area contributed by atoms with Gasteiger partial charge in [-0.1, -0.05) is 0 Å². The van der Waals surface area contributed by atoms with Crippen molar-refractivity contribution in [3.05, 3.63) is 26.3 Å². The van der Waals surface area contributed by atoms with Crippen LogP contribution in [0.15, 0.2) is 26.3 Å². The zero-order valence-corrected chi connectivity index (χ0v) is 5.14. The summed E-state index contributed by atoms with van der Waals surface area (Å²) in [6, 6.07) is 0. The van der Waals surface area contributed by atoms with Crippen molar-refractivity contribution < 1.29 is 0 Å². The van der Waals surface area contributed by atoms with Gasteiger partial charge in [-0.25, -0.2) is 0 Å². The lowest BCUT2D eigenvalue weighted by molar-refractivity contribution is 2.81. The van der Waals surface area contributed by atoms with Gasteiger partial charge in [0, 0.05) is 0 Å². The Morgan fingerprint density at radius 1 is 0.500 bits per heavy atom. The van der Waals surface area contributed by atoms with E-state index in [1.165, 1.54) is 0 Å². The van der Waals surface area contributed by atoms with Crippen molar-refractivity contribution in [2.45, 2.75) is 0 Å². The van der Waals surface area contributed by atoms with Crippen molar-refractivity contribution in [3.63, 3.8) is 0 Å². The Kier molecular flexibility index (Phi) is 231. The van der Waals surface area contributed by atoms with Crippen LogP contribution >= 0.6 is 0 Å². The summed E-state index contributed by atoms with van der Waals surface area (Å²) in [6.07, 6.45) is 16.0. The van der Waals surface area contributed by atoms with Crippen LogP contribution in [0, 0.1) is 25.7 Å². The molecule has 0 rings (SSSR count). The molecular formula is C8H12. The van der Waals surface area contributed by atoms with Gasteiger partial charge < -0.3 is 0 Å². The van der Waals surface area contributed by atoms with Crippen molar-refractivity contribution in [3.8, 4) is 25.7 Å². The average molecular weight is 108 g/mol. The molecule has 0 atom stereocenters. The average Bonchev–Trinajstić information content (AvgIpc) is 2.03. The molecule has 0 unspecified atom stereocenters. The van der Waals surface area contributed by atoms with E-state index in [0.29, 0.717) is 0 Å². The normalized spacial score (nSPS) is 1.50. The highest BCUT2D eigenvalue weighted by molar-refractivity contribution is 4.47. The lowest BCUT2D eigenvalue weighted by Crippen LogP contribution is -0.576. The van der Waals surface area contributed by atoms with Crippen LogP contribution in [0.4, 0.5) is 0 Å². The second-order valence-electron chi connectivity index (χ2n) is 0. The summed E-state index contributed by atoms with van der Waals surface area (Å²) in [5.74, 6) is 0. The molecule has 0 aliphatic heterocycles. The molecule has 0 saturated carbocycles. The quantitative estimate of drug-likeness (QED) is 0.329. The van der Waals surface area contributed by atoms with Crippen LogP contribution in [0.2, 0.25) is 0 Å². The van der Waals surface area contributed by atoms with E-state index >= 15 is 0 Å². The zero-order valence-electron chi connectivity index (χ0n) is 5.14. The standard InChI is InChI=1S/2C2H4.2C2H2/c4*1-2/h2*1-2H2;2*1-2H. The molecule has 0 N–H and O–H groups in total. The van der Waals surface area contributed by atoms with Crippen LogP contribution in [0.25, 0.3) is 0 Å². The fourth-order valence-electron chi connectivity index (χ4n) is 0. The van der Waals surface area contributed by atoms with E-state index in [9.17, 15) is 0 Å². The minimum atomic E-state index is 3.00. The van der Waals surface area contributed by atoms with Gasteiger partial charge in [0.25, 0.3) is 0 Å². The van der Waals surface area contributed by atoms with Gasteiger partial charge in [-0.3, -0.25) is 0 Å². The molecule has 0 radical (unpaired) electrons. The SMILES string of the molecule is C#C.C#C.C=C.C=C. The fourth-order valence-corrected chi connectivity index (χ4v) is 0. The molecule has 0 aromatic heterocycles. The van der Waals surface area contributed by atoms with Crippen LogP contribution in [0.3, 0.4) is 0 Å². The molecule has 0 aromatic rings. The second kappa shape index (κ2) is 60.5. The van der Waals surface area contributed by atoms with Gasteiger partial charge in [0.2, 0.25) is 0 Å². The first-order valence-electron chi connectivity index (χ1n) is 1.67. The lowest BCUT2D eigenvalue weighted by atomic mass is 11.3. The predicted octanol–water partition coefficient (Wildman–Crippen LogP) is 2.10. The van der Waals surface area contributed by atoms with Gasteiger partial charge >= 0.3 is 0 Å². The number of hydrogen-bond donors (Lipinski definition) is 0. The molecule has 0 heteroatoms. The summed E-state index contributed by atoms with van der Waals surface area (Å²) >= 11 is 0.